The highest BCUT2D eigenvalue weighted by Crippen LogP contribution is 2.32. The van der Waals surface area contributed by atoms with E-state index < -0.39 is 0 Å². The van der Waals surface area contributed by atoms with Gasteiger partial charge in [0.2, 0.25) is 0 Å². The lowest BCUT2D eigenvalue weighted by Gasteiger charge is -2.23. The topological polar surface area (TPSA) is 15.3 Å². The van der Waals surface area contributed by atoms with E-state index in [9.17, 15) is 0 Å². The van der Waals surface area contributed by atoms with E-state index in [-0.39, 0.29) is 0 Å². The van der Waals surface area contributed by atoms with Crippen LogP contribution < -0.4 is 5.32 Å². The second-order valence-electron chi connectivity index (χ2n) is 5.45. The molecule has 0 amide bonds. The maximum absolute atomic E-state index is 5.37. The third kappa shape index (κ3) is 3.45. The predicted molar refractivity (Wildman–Crippen MR) is 84.5 cm³/mol. The Balaban J connectivity index is 3.23. The lowest BCUT2D eigenvalue weighted by atomic mass is 9.93. The number of nitrogens with one attached hydrogen (secondary N) is 1. The van der Waals surface area contributed by atoms with Gasteiger partial charge < -0.3 is 10.2 Å². The fourth-order valence-electron chi connectivity index (χ4n) is 1.91. The first-order valence-electron chi connectivity index (χ1n) is 6.45. The highest BCUT2D eigenvalue weighted by atomic mass is 32.1. The van der Waals surface area contributed by atoms with Crippen molar-refractivity contribution < 1.29 is 0 Å². The maximum Gasteiger partial charge on any atom is 0.172 e. The number of anilines is 1. The van der Waals surface area contributed by atoms with Crippen LogP contribution in [0.15, 0.2) is 18.2 Å². The lowest BCUT2D eigenvalue weighted by Crippen LogP contribution is -2.28. The molecule has 0 radical (unpaired) electrons. The van der Waals surface area contributed by atoms with Crippen molar-refractivity contribution in [2.24, 2.45) is 0 Å². The van der Waals surface area contributed by atoms with E-state index >= 15 is 0 Å². The van der Waals surface area contributed by atoms with Crippen LogP contribution in [0.1, 0.15) is 50.7 Å². The number of benzene rings is 1. The van der Waals surface area contributed by atoms with E-state index in [0.717, 1.165) is 5.11 Å². The molecule has 0 spiro atoms. The second-order valence-corrected chi connectivity index (χ2v) is 5.83. The highest BCUT2D eigenvalue weighted by Gasteiger charge is 2.14. The summed E-state index contributed by atoms with van der Waals surface area (Å²) in [6.45, 7) is 8.85. The molecule has 0 aliphatic carbocycles. The summed E-state index contributed by atoms with van der Waals surface area (Å²) in [7, 11) is 3.92. The first kappa shape index (κ1) is 15.0. The van der Waals surface area contributed by atoms with E-state index in [2.05, 4.69) is 51.2 Å². The van der Waals surface area contributed by atoms with Crippen LogP contribution in [-0.2, 0) is 0 Å². The van der Waals surface area contributed by atoms with Crippen LogP contribution in [0.25, 0.3) is 0 Å². The van der Waals surface area contributed by atoms with Gasteiger partial charge in [-0.2, -0.15) is 0 Å². The van der Waals surface area contributed by atoms with Gasteiger partial charge in [-0.1, -0.05) is 45.9 Å². The van der Waals surface area contributed by atoms with Gasteiger partial charge in [0.05, 0.1) is 0 Å². The van der Waals surface area contributed by atoms with Gasteiger partial charge in [0, 0.05) is 19.8 Å². The van der Waals surface area contributed by atoms with Gasteiger partial charge in [-0.05, 0) is 35.2 Å². The number of nitrogens with zero attached hydrogens (tertiary/aromatic N) is 1. The Kier molecular flexibility index (Phi) is 5.15. The third-order valence-electron chi connectivity index (χ3n) is 3.01. The highest BCUT2D eigenvalue weighted by molar-refractivity contribution is 7.80. The molecular formula is C15H24N2S. The average Bonchev–Trinajstić information content (AvgIpc) is 2.28. The molecule has 0 atom stereocenters. The van der Waals surface area contributed by atoms with Crippen molar-refractivity contribution in [1.82, 2.24) is 4.90 Å². The van der Waals surface area contributed by atoms with Gasteiger partial charge in [-0.15, -0.1) is 0 Å². The molecule has 0 aliphatic heterocycles. The minimum absolute atomic E-state index is 0.483. The van der Waals surface area contributed by atoms with Gasteiger partial charge in [0.25, 0.3) is 0 Å². The molecule has 0 aromatic heterocycles. The number of thiocarbonyl (C=S) groups is 1. The summed E-state index contributed by atoms with van der Waals surface area (Å²) in [5.41, 5.74) is 3.83. The lowest BCUT2D eigenvalue weighted by molar-refractivity contribution is 0.633. The standard InChI is InChI=1S/C15H24N2S/c1-10(2)12-8-7-9-13(11(3)4)14(12)16-15(18)17(5)6/h7-11H,1-6H3,(H,16,18). The summed E-state index contributed by atoms with van der Waals surface area (Å²) in [6, 6.07) is 6.49. The van der Waals surface area contributed by atoms with Crippen LogP contribution in [0.2, 0.25) is 0 Å². The summed E-state index contributed by atoms with van der Waals surface area (Å²) >= 11 is 5.37. The molecule has 1 aromatic rings. The smallest absolute Gasteiger partial charge is 0.172 e. The minimum atomic E-state index is 0.483. The van der Waals surface area contributed by atoms with Gasteiger partial charge in [0.1, 0.15) is 0 Å². The minimum Gasteiger partial charge on any atom is -0.355 e. The Bertz CT molecular complexity index is 396. The van der Waals surface area contributed by atoms with Crippen LogP contribution in [0.4, 0.5) is 5.69 Å². The molecule has 1 rings (SSSR count). The number of hydrogen-bond acceptors (Lipinski definition) is 1. The Morgan fingerprint density at radius 2 is 1.50 bits per heavy atom. The SMILES string of the molecule is CC(C)c1cccc(C(C)C)c1NC(=S)N(C)C. The summed E-state index contributed by atoms with van der Waals surface area (Å²) in [5.74, 6) is 0.965. The maximum atomic E-state index is 5.37. The molecule has 1 aromatic carbocycles. The quantitative estimate of drug-likeness (QED) is 0.824. The summed E-state index contributed by atoms with van der Waals surface area (Å²) in [4.78, 5) is 1.93. The Labute approximate surface area is 116 Å². The molecular weight excluding hydrogens is 240 g/mol. The summed E-state index contributed by atoms with van der Waals surface area (Å²) in [6.07, 6.45) is 0. The van der Waals surface area contributed by atoms with Gasteiger partial charge in [-0.25, -0.2) is 0 Å². The average molecular weight is 264 g/mol. The van der Waals surface area contributed by atoms with Crippen molar-refractivity contribution in [3.8, 4) is 0 Å². The zero-order chi connectivity index (χ0) is 13.9. The van der Waals surface area contributed by atoms with Crippen molar-refractivity contribution in [3.63, 3.8) is 0 Å². The summed E-state index contributed by atoms with van der Waals surface area (Å²) < 4.78 is 0. The van der Waals surface area contributed by atoms with Crippen molar-refractivity contribution >= 4 is 23.0 Å². The summed E-state index contributed by atoms with van der Waals surface area (Å²) in [5, 5.41) is 4.15. The monoisotopic (exact) mass is 264 g/mol. The van der Waals surface area contributed by atoms with Crippen LogP contribution in [0, 0.1) is 0 Å². The van der Waals surface area contributed by atoms with Gasteiger partial charge >= 0.3 is 0 Å². The van der Waals surface area contributed by atoms with E-state index in [0.29, 0.717) is 11.8 Å². The molecule has 1 N–H and O–H groups in total. The van der Waals surface area contributed by atoms with Crippen molar-refractivity contribution in [1.29, 1.82) is 0 Å². The van der Waals surface area contributed by atoms with E-state index in [1.54, 1.807) is 0 Å². The molecule has 100 valence electrons. The number of rotatable bonds is 3. The number of para-hydroxylation sites is 1. The van der Waals surface area contributed by atoms with Crippen LogP contribution >= 0.6 is 12.2 Å². The van der Waals surface area contributed by atoms with Crippen molar-refractivity contribution in [2.75, 3.05) is 19.4 Å². The van der Waals surface area contributed by atoms with E-state index in [1.807, 2.05) is 19.0 Å². The van der Waals surface area contributed by atoms with Crippen LogP contribution in [-0.4, -0.2) is 24.1 Å². The Morgan fingerprint density at radius 1 is 1.06 bits per heavy atom. The van der Waals surface area contributed by atoms with Crippen molar-refractivity contribution in [2.45, 2.75) is 39.5 Å². The molecule has 3 heteroatoms. The van der Waals surface area contributed by atoms with E-state index in [1.165, 1.54) is 16.8 Å². The molecule has 0 unspecified atom stereocenters. The Morgan fingerprint density at radius 3 is 1.83 bits per heavy atom. The van der Waals surface area contributed by atoms with Crippen molar-refractivity contribution in [3.05, 3.63) is 29.3 Å². The molecule has 0 saturated heterocycles. The first-order chi connectivity index (χ1) is 8.34. The van der Waals surface area contributed by atoms with E-state index in [4.69, 9.17) is 12.2 Å². The number of hydrogen-bond donors (Lipinski definition) is 1. The molecule has 18 heavy (non-hydrogen) atoms. The van der Waals surface area contributed by atoms with Crippen LogP contribution in [0.5, 0.6) is 0 Å². The van der Waals surface area contributed by atoms with Gasteiger partial charge in [-0.3, -0.25) is 0 Å². The molecule has 0 saturated carbocycles. The molecule has 0 bridgehead atoms. The zero-order valence-electron chi connectivity index (χ0n) is 12.2. The first-order valence-corrected chi connectivity index (χ1v) is 6.86. The molecule has 0 fully saturated rings. The fourth-order valence-corrected chi connectivity index (χ4v) is 2.02. The normalized spacial score (nSPS) is 10.9. The molecule has 0 heterocycles. The predicted octanol–water partition coefficient (Wildman–Crippen LogP) is 4.19. The zero-order valence-corrected chi connectivity index (χ0v) is 13.1. The third-order valence-corrected chi connectivity index (χ3v) is 3.48. The molecule has 2 nitrogen and oxygen atoms in total. The second kappa shape index (κ2) is 6.19. The Hall–Kier alpha value is -1.09. The largest absolute Gasteiger partial charge is 0.355 e. The fraction of sp³-hybridized carbons (Fsp3) is 0.533. The molecule has 0 aliphatic rings. The van der Waals surface area contributed by atoms with Gasteiger partial charge in [0.15, 0.2) is 5.11 Å². The van der Waals surface area contributed by atoms with Crippen LogP contribution in [0.3, 0.4) is 0 Å².